The fourth-order valence-electron chi connectivity index (χ4n) is 9.21. The number of unbranched alkanes of at least 4 members (excludes halogenated alkanes) is 29. The van der Waals surface area contributed by atoms with Gasteiger partial charge in [-0.15, -0.1) is 0 Å². The normalized spacial score (nSPS) is 25.1. The standard InChI is InChI=1S/C57H104O15/c1-3-5-7-9-11-13-15-17-19-20-21-22-23-24-26-28-30-32-34-36-38-40-49(60)70-45(42-67-48(59)39-37-35-33-31-29-27-25-18-16-14-12-10-8-6-4-2)43-68-56-55(66)53(64)51(62)47(72-56)44-69-57-54(65)52(63)50(61)46(41-58)71-57/h14,16,18,25,45-47,50-58,61-66H,3-13,15,17,19-24,26-44H2,1-2H3/b16-14+,25-18+/t45-,46+,47+,50-,51-,52?,53?,54?,55?,56+,57+/m1/s1. The molecule has 11 atom stereocenters. The molecule has 2 aliphatic heterocycles. The maximum Gasteiger partial charge on any atom is 0.306 e. The fourth-order valence-corrected chi connectivity index (χ4v) is 9.21. The molecule has 2 heterocycles. The summed E-state index contributed by atoms with van der Waals surface area (Å²) in [6.45, 7) is 2.60. The first-order valence-electron chi connectivity index (χ1n) is 28.9. The van der Waals surface area contributed by atoms with Gasteiger partial charge >= 0.3 is 11.9 Å². The van der Waals surface area contributed by atoms with Crippen LogP contribution >= 0.6 is 0 Å². The second-order valence-electron chi connectivity index (χ2n) is 20.5. The van der Waals surface area contributed by atoms with Crippen molar-refractivity contribution in [1.82, 2.24) is 0 Å². The largest absolute Gasteiger partial charge is 0.462 e. The summed E-state index contributed by atoms with van der Waals surface area (Å²) in [6.07, 6.45) is 30.6. The maximum absolute atomic E-state index is 13.1. The molecule has 2 aliphatic rings. The van der Waals surface area contributed by atoms with Crippen molar-refractivity contribution >= 4 is 11.9 Å². The summed E-state index contributed by atoms with van der Waals surface area (Å²) < 4.78 is 33.7. The van der Waals surface area contributed by atoms with Crippen LogP contribution in [0.1, 0.15) is 232 Å². The highest BCUT2D eigenvalue weighted by molar-refractivity contribution is 5.70. The molecule has 2 saturated heterocycles. The van der Waals surface area contributed by atoms with Gasteiger partial charge in [-0.3, -0.25) is 9.59 Å². The molecule has 4 unspecified atom stereocenters. The molecule has 0 saturated carbocycles. The van der Waals surface area contributed by atoms with Crippen LogP contribution in [0.4, 0.5) is 0 Å². The topological polar surface area (TPSA) is 231 Å². The summed E-state index contributed by atoms with van der Waals surface area (Å²) in [5.41, 5.74) is 0. The van der Waals surface area contributed by atoms with Crippen molar-refractivity contribution in [3.8, 4) is 0 Å². The monoisotopic (exact) mass is 1030 g/mol. The number of allylic oxidation sites excluding steroid dienone is 4. The lowest BCUT2D eigenvalue weighted by Crippen LogP contribution is -2.61. The van der Waals surface area contributed by atoms with Gasteiger partial charge in [-0.05, 0) is 38.5 Å². The highest BCUT2D eigenvalue weighted by Crippen LogP contribution is 2.27. The number of ether oxygens (including phenoxy) is 6. The van der Waals surface area contributed by atoms with Crippen LogP contribution in [0.25, 0.3) is 0 Å². The molecule has 2 rings (SSSR count). The van der Waals surface area contributed by atoms with E-state index in [1.807, 2.05) is 0 Å². The van der Waals surface area contributed by atoms with Gasteiger partial charge in [0.25, 0.3) is 0 Å². The minimum Gasteiger partial charge on any atom is -0.462 e. The minimum absolute atomic E-state index is 0.167. The average Bonchev–Trinajstić information content (AvgIpc) is 3.37. The maximum atomic E-state index is 13.1. The lowest BCUT2D eigenvalue weighted by Gasteiger charge is -2.42. The summed E-state index contributed by atoms with van der Waals surface area (Å²) in [5, 5.41) is 72.2. The predicted octanol–water partition coefficient (Wildman–Crippen LogP) is 9.50. The first kappa shape index (κ1) is 66.1. The van der Waals surface area contributed by atoms with E-state index >= 15 is 0 Å². The van der Waals surface area contributed by atoms with Gasteiger partial charge in [0.15, 0.2) is 18.7 Å². The molecule has 72 heavy (non-hydrogen) atoms. The molecular weight excluding hydrogens is 925 g/mol. The molecule has 15 nitrogen and oxygen atoms in total. The third kappa shape index (κ3) is 31.1. The zero-order valence-electron chi connectivity index (χ0n) is 44.9. The van der Waals surface area contributed by atoms with Crippen LogP contribution in [0.5, 0.6) is 0 Å². The van der Waals surface area contributed by atoms with Crippen LogP contribution in [0.15, 0.2) is 24.3 Å². The van der Waals surface area contributed by atoms with Crippen molar-refractivity contribution in [3.05, 3.63) is 24.3 Å². The summed E-state index contributed by atoms with van der Waals surface area (Å²) in [7, 11) is 0. The number of aliphatic hydroxyl groups is 7. The van der Waals surface area contributed by atoms with E-state index in [0.717, 1.165) is 57.8 Å². The van der Waals surface area contributed by atoms with Crippen LogP contribution in [0.3, 0.4) is 0 Å². The Labute approximate surface area is 434 Å². The smallest absolute Gasteiger partial charge is 0.306 e. The third-order valence-corrected chi connectivity index (χ3v) is 14.0. The van der Waals surface area contributed by atoms with Gasteiger partial charge in [0.1, 0.15) is 55.4 Å². The molecule has 0 aromatic carbocycles. The molecule has 0 spiro atoms. The van der Waals surface area contributed by atoms with Gasteiger partial charge in [-0.2, -0.15) is 0 Å². The van der Waals surface area contributed by atoms with E-state index in [9.17, 15) is 45.3 Å². The molecular formula is C57H104O15. The van der Waals surface area contributed by atoms with Gasteiger partial charge in [0.05, 0.1) is 19.8 Å². The third-order valence-electron chi connectivity index (χ3n) is 14.0. The predicted molar refractivity (Wildman–Crippen MR) is 280 cm³/mol. The van der Waals surface area contributed by atoms with Crippen molar-refractivity contribution in [2.24, 2.45) is 0 Å². The van der Waals surface area contributed by atoms with Gasteiger partial charge < -0.3 is 64.2 Å². The van der Waals surface area contributed by atoms with Gasteiger partial charge in [-0.25, -0.2) is 0 Å². The van der Waals surface area contributed by atoms with Gasteiger partial charge in [-0.1, -0.05) is 205 Å². The van der Waals surface area contributed by atoms with Crippen molar-refractivity contribution in [2.75, 3.05) is 26.4 Å². The Kier molecular flexibility index (Phi) is 40.5. The molecule has 0 bridgehead atoms. The van der Waals surface area contributed by atoms with Gasteiger partial charge in [0, 0.05) is 12.8 Å². The van der Waals surface area contributed by atoms with Crippen LogP contribution in [-0.4, -0.2) is 142 Å². The quantitative estimate of drug-likeness (QED) is 0.0171. The van der Waals surface area contributed by atoms with E-state index in [1.54, 1.807) is 0 Å². The summed E-state index contributed by atoms with van der Waals surface area (Å²) in [5.74, 6) is -0.931. The molecule has 7 N–H and O–H groups in total. The number of esters is 2. The molecule has 422 valence electrons. The molecule has 15 heteroatoms. The Bertz CT molecular complexity index is 1350. The first-order valence-corrected chi connectivity index (χ1v) is 28.9. The highest BCUT2D eigenvalue weighted by Gasteiger charge is 2.47. The Morgan fingerprint density at radius 1 is 0.444 bits per heavy atom. The molecule has 0 aromatic heterocycles. The Balaban J connectivity index is 1.75. The van der Waals surface area contributed by atoms with Crippen molar-refractivity contribution in [3.63, 3.8) is 0 Å². The zero-order chi connectivity index (χ0) is 52.4. The average molecular weight is 1030 g/mol. The number of rotatable bonds is 46. The Hall–Kier alpha value is -2.02. The van der Waals surface area contributed by atoms with Crippen molar-refractivity contribution < 1.29 is 73.8 Å². The lowest BCUT2D eigenvalue weighted by atomic mass is 9.98. The summed E-state index contributed by atoms with van der Waals surface area (Å²) >= 11 is 0. The first-order chi connectivity index (χ1) is 35.0. The van der Waals surface area contributed by atoms with E-state index in [4.69, 9.17) is 28.4 Å². The van der Waals surface area contributed by atoms with E-state index in [-0.39, 0.29) is 26.1 Å². The molecule has 0 aromatic rings. The summed E-state index contributed by atoms with van der Waals surface area (Å²) in [4.78, 5) is 25.9. The molecule has 0 amide bonds. The number of hydrogen-bond donors (Lipinski definition) is 7. The van der Waals surface area contributed by atoms with E-state index in [2.05, 4.69) is 38.2 Å². The lowest BCUT2D eigenvalue weighted by molar-refractivity contribution is -0.332. The zero-order valence-corrected chi connectivity index (χ0v) is 44.9. The second kappa shape index (κ2) is 44.1. The van der Waals surface area contributed by atoms with Crippen molar-refractivity contribution in [2.45, 2.75) is 300 Å². The van der Waals surface area contributed by atoms with Crippen LogP contribution in [0.2, 0.25) is 0 Å². The van der Waals surface area contributed by atoms with E-state index < -0.39 is 92.7 Å². The number of carbonyl (C=O) groups is 2. The molecule has 0 radical (unpaired) electrons. The van der Waals surface area contributed by atoms with E-state index in [0.29, 0.717) is 12.8 Å². The van der Waals surface area contributed by atoms with E-state index in [1.165, 1.54) is 135 Å². The SMILES string of the molecule is CCCCCC/C=C/C=C/CCCCCCCC(=O)OC[C@H](CO[C@H]1O[C@@H](CO[C@H]2O[C@@H](CO)[C@@H](O)C(O)C2O)[C@@H](O)C(O)C1O)OC(=O)CCCCCCCCCCCCCCCCCCCCCCC. The minimum atomic E-state index is -1.77. The number of aliphatic hydroxyl groups excluding tert-OH is 7. The highest BCUT2D eigenvalue weighted by atomic mass is 16.7. The summed E-state index contributed by atoms with van der Waals surface area (Å²) in [6, 6.07) is 0. The number of hydrogen-bond acceptors (Lipinski definition) is 15. The van der Waals surface area contributed by atoms with Crippen LogP contribution in [0, 0.1) is 0 Å². The fraction of sp³-hybridized carbons (Fsp3) is 0.895. The Morgan fingerprint density at radius 2 is 0.819 bits per heavy atom. The van der Waals surface area contributed by atoms with Gasteiger partial charge in [0.2, 0.25) is 0 Å². The number of carbonyl (C=O) groups excluding carboxylic acids is 2. The Morgan fingerprint density at radius 3 is 1.28 bits per heavy atom. The van der Waals surface area contributed by atoms with Crippen molar-refractivity contribution in [1.29, 1.82) is 0 Å². The molecule has 2 fully saturated rings. The second-order valence-corrected chi connectivity index (χ2v) is 20.5. The molecule has 0 aliphatic carbocycles. The van der Waals surface area contributed by atoms with Crippen LogP contribution < -0.4 is 0 Å². The van der Waals surface area contributed by atoms with Crippen LogP contribution in [-0.2, 0) is 38.0 Å².